The van der Waals surface area contributed by atoms with Crippen LogP contribution in [0.15, 0.2) is 24.3 Å². The van der Waals surface area contributed by atoms with Crippen molar-refractivity contribution in [2.45, 2.75) is 50.7 Å². The molecule has 0 saturated carbocycles. The van der Waals surface area contributed by atoms with Crippen molar-refractivity contribution < 1.29 is 47.9 Å². The largest absolute Gasteiger partial charge is 0.493 e. The molecule has 1 saturated heterocycles. The molecule has 0 aliphatic carbocycles. The summed E-state index contributed by atoms with van der Waals surface area (Å²) in [4.78, 5) is 27.8. The second kappa shape index (κ2) is 15.2. The highest BCUT2D eigenvalue weighted by molar-refractivity contribution is 5.88. The van der Waals surface area contributed by atoms with E-state index in [2.05, 4.69) is 0 Å². The van der Waals surface area contributed by atoms with Gasteiger partial charge in [-0.3, -0.25) is 4.79 Å². The summed E-state index contributed by atoms with van der Waals surface area (Å²) in [6.45, 7) is 0.568. The molecule has 0 aromatic heterocycles. The van der Waals surface area contributed by atoms with Crippen LogP contribution < -0.4 is 28.4 Å². The van der Waals surface area contributed by atoms with Gasteiger partial charge in [0, 0.05) is 6.54 Å². The van der Waals surface area contributed by atoms with Crippen LogP contribution in [0.5, 0.6) is 34.5 Å². The number of hydrogen-bond donors (Lipinski definition) is 1. The minimum Gasteiger partial charge on any atom is -0.493 e. The van der Waals surface area contributed by atoms with Gasteiger partial charge in [-0.15, -0.1) is 0 Å². The lowest BCUT2D eigenvalue weighted by molar-refractivity contribution is -0.160. The Morgan fingerprint density at radius 3 is 1.85 bits per heavy atom. The number of methoxy groups -OCH3 is 6. The Labute approximate surface area is 241 Å². The Balaban J connectivity index is 1.60. The summed E-state index contributed by atoms with van der Waals surface area (Å²) >= 11 is 0. The molecular weight excluding hydrogens is 534 g/mol. The van der Waals surface area contributed by atoms with Gasteiger partial charge in [0.25, 0.3) is 5.91 Å². The first-order valence-corrected chi connectivity index (χ1v) is 13.6. The fraction of sp³-hybridized carbons (Fsp3) is 0.533. The van der Waals surface area contributed by atoms with Crippen molar-refractivity contribution in [3.63, 3.8) is 0 Å². The molecule has 2 aromatic rings. The zero-order chi connectivity index (χ0) is 29.9. The Kier molecular flexibility index (Phi) is 11.8. The van der Waals surface area contributed by atoms with Gasteiger partial charge in [0.15, 0.2) is 29.1 Å². The summed E-state index contributed by atoms with van der Waals surface area (Å²) in [6, 6.07) is 6.09. The minimum absolute atomic E-state index is 0.219. The van der Waals surface area contributed by atoms with Crippen LogP contribution in [0.2, 0.25) is 0 Å². The van der Waals surface area contributed by atoms with Gasteiger partial charge in [0.05, 0.1) is 49.3 Å². The van der Waals surface area contributed by atoms with E-state index in [1.165, 1.54) is 38.4 Å². The van der Waals surface area contributed by atoms with Crippen molar-refractivity contribution in [2.75, 3.05) is 55.8 Å². The Bertz CT molecular complexity index is 1130. The van der Waals surface area contributed by atoms with Gasteiger partial charge in [-0.1, -0.05) is 0 Å². The molecule has 1 N–H and O–H groups in total. The number of unbranched alkanes of at least 4 members (excludes halogenated alkanes) is 1. The zero-order valence-electron chi connectivity index (χ0n) is 24.7. The van der Waals surface area contributed by atoms with Gasteiger partial charge in [-0.25, -0.2) is 4.79 Å². The van der Waals surface area contributed by atoms with Gasteiger partial charge in [0.2, 0.25) is 11.5 Å². The van der Waals surface area contributed by atoms with Gasteiger partial charge in [-0.05, 0) is 73.9 Å². The molecule has 226 valence electrons. The van der Waals surface area contributed by atoms with Gasteiger partial charge < -0.3 is 43.2 Å². The summed E-state index contributed by atoms with van der Waals surface area (Å²) in [7, 11) is 9.09. The van der Waals surface area contributed by atoms with E-state index in [1.807, 2.05) is 12.1 Å². The van der Waals surface area contributed by atoms with Crippen molar-refractivity contribution in [1.29, 1.82) is 0 Å². The number of aliphatic hydroxyl groups is 1. The molecule has 2 atom stereocenters. The zero-order valence-corrected chi connectivity index (χ0v) is 24.7. The van der Waals surface area contributed by atoms with Crippen LogP contribution in [0, 0.1) is 0 Å². The molecule has 2 aromatic carbocycles. The van der Waals surface area contributed by atoms with Gasteiger partial charge in [0.1, 0.15) is 6.04 Å². The maximum absolute atomic E-state index is 13.4. The summed E-state index contributed by atoms with van der Waals surface area (Å²) < 4.78 is 37.8. The Hall–Kier alpha value is -3.86. The normalized spacial score (nSPS) is 15.5. The van der Waals surface area contributed by atoms with E-state index in [-0.39, 0.29) is 12.2 Å². The molecule has 1 heterocycles. The highest BCUT2D eigenvalue weighted by atomic mass is 16.5. The van der Waals surface area contributed by atoms with Crippen LogP contribution >= 0.6 is 0 Å². The quantitative estimate of drug-likeness (QED) is 0.263. The molecule has 0 bridgehead atoms. The molecule has 3 rings (SSSR count). The lowest BCUT2D eigenvalue weighted by Gasteiger charge is -2.35. The molecule has 11 heteroatoms. The minimum atomic E-state index is -1.52. The molecule has 1 aliphatic heterocycles. The third-order valence-electron chi connectivity index (χ3n) is 7.12. The number of esters is 1. The van der Waals surface area contributed by atoms with Crippen LogP contribution in [-0.4, -0.2) is 83.7 Å². The number of carbonyl (C=O) groups excluding carboxylic acids is 2. The smallest absolute Gasteiger partial charge is 0.328 e. The molecule has 2 unspecified atom stereocenters. The van der Waals surface area contributed by atoms with Crippen molar-refractivity contribution in [3.8, 4) is 34.5 Å². The molecule has 11 nitrogen and oxygen atoms in total. The molecule has 41 heavy (non-hydrogen) atoms. The Morgan fingerprint density at radius 1 is 0.805 bits per heavy atom. The highest BCUT2D eigenvalue weighted by Crippen LogP contribution is 2.40. The number of piperidine rings is 1. The predicted octanol–water partition coefficient (Wildman–Crippen LogP) is 3.72. The van der Waals surface area contributed by atoms with Gasteiger partial charge >= 0.3 is 5.97 Å². The maximum atomic E-state index is 13.4. The SMILES string of the molecule is COc1cc(CCCCOC(=O)C2CCCCN2C(=O)C(O)c2cc(OC)c(OC)c(OC)c2)cc(OC)c1OC. The third kappa shape index (κ3) is 7.46. The third-order valence-corrected chi connectivity index (χ3v) is 7.12. The van der Waals surface area contributed by atoms with Crippen molar-refractivity contribution in [1.82, 2.24) is 4.90 Å². The number of likely N-dealkylation sites (tertiary alicyclic amines) is 1. The maximum Gasteiger partial charge on any atom is 0.328 e. The predicted molar refractivity (Wildman–Crippen MR) is 150 cm³/mol. The number of hydrogen-bond acceptors (Lipinski definition) is 10. The lowest BCUT2D eigenvalue weighted by Crippen LogP contribution is -2.50. The summed E-state index contributed by atoms with van der Waals surface area (Å²) in [5.41, 5.74) is 1.28. The highest BCUT2D eigenvalue weighted by Gasteiger charge is 2.37. The number of aliphatic hydroxyl groups excluding tert-OH is 1. The van der Waals surface area contributed by atoms with E-state index in [0.717, 1.165) is 31.2 Å². The van der Waals surface area contributed by atoms with E-state index in [4.69, 9.17) is 33.2 Å². The molecule has 1 fully saturated rings. The van der Waals surface area contributed by atoms with Crippen LogP contribution in [0.3, 0.4) is 0 Å². The fourth-order valence-electron chi connectivity index (χ4n) is 4.98. The van der Waals surface area contributed by atoms with Crippen LogP contribution in [0.4, 0.5) is 0 Å². The monoisotopic (exact) mass is 575 g/mol. The van der Waals surface area contributed by atoms with E-state index < -0.39 is 24.0 Å². The second-order valence-electron chi connectivity index (χ2n) is 9.56. The number of amides is 1. The van der Waals surface area contributed by atoms with Crippen LogP contribution in [-0.2, 0) is 20.7 Å². The van der Waals surface area contributed by atoms with E-state index >= 15 is 0 Å². The Morgan fingerprint density at radius 2 is 1.34 bits per heavy atom. The number of aryl methyl sites for hydroxylation is 1. The number of benzene rings is 2. The molecule has 1 amide bonds. The topological polar surface area (TPSA) is 122 Å². The van der Waals surface area contributed by atoms with Crippen molar-refractivity contribution in [2.24, 2.45) is 0 Å². The average Bonchev–Trinajstić information content (AvgIpc) is 3.02. The summed E-state index contributed by atoms with van der Waals surface area (Å²) in [5, 5.41) is 11.0. The lowest BCUT2D eigenvalue weighted by atomic mass is 9.99. The number of ether oxygens (including phenoxy) is 7. The first kappa shape index (κ1) is 31.7. The summed E-state index contributed by atoms with van der Waals surface area (Å²) in [6.07, 6.45) is 2.59. The average molecular weight is 576 g/mol. The van der Waals surface area contributed by atoms with Crippen LogP contribution in [0.1, 0.15) is 49.3 Å². The van der Waals surface area contributed by atoms with Crippen LogP contribution in [0.25, 0.3) is 0 Å². The number of carbonyl (C=O) groups is 2. The fourth-order valence-corrected chi connectivity index (χ4v) is 4.98. The van der Waals surface area contributed by atoms with Crippen molar-refractivity contribution >= 4 is 11.9 Å². The molecular formula is C30H41NO10. The van der Waals surface area contributed by atoms with E-state index in [0.29, 0.717) is 53.9 Å². The first-order valence-electron chi connectivity index (χ1n) is 13.6. The second-order valence-corrected chi connectivity index (χ2v) is 9.56. The molecule has 0 spiro atoms. The first-order chi connectivity index (χ1) is 19.8. The standard InChI is InChI=1S/C30H41NO10/c1-35-22-15-19(16-23(36-2)27(22)39-5)11-8-10-14-41-30(34)21-12-7-9-13-31(21)29(33)26(32)20-17-24(37-3)28(40-6)25(18-20)38-4/h15-18,21,26,32H,7-14H2,1-6H3. The molecule has 0 radical (unpaired) electrons. The number of rotatable bonds is 14. The number of nitrogens with zero attached hydrogens (tertiary/aromatic N) is 1. The summed E-state index contributed by atoms with van der Waals surface area (Å²) in [5.74, 6) is 1.64. The van der Waals surface area contributed by atoms with E-state index in [1.54, 1.807) is 21.3 Å². The van der Waals surface area contributed by atoms with E-state index in [9.17, 15) is 14.7 Å². The van der Waals surface area contributed by atoms with Crippen molar-refractivity contribution in [3.05, 3.63) is 35.4 Å². The van der Waals surface area contributed by atoms with Gasteiger partial charge in [-0.2, -0.15) is 0 Å². The molecule has 1 aliphatic rings.